The van der Waals surface area contributed by atoms with Crippen LogP contribution in [-0.4, -0.2) is 24.2 Å². The molecule has 1 aliphatic rings. The number of nitrogens with one attached hydrogen (secondary N) is 3. The molecule has 2 atom stereocenters. The topological polar surface area (TPSA) is 65.5 Å². The van der Waals surface area contributed by atoms with Gasteiger partial charge in [0.05, 0.1) is 6.21 Å². The summed E-state index contributed by atoms with van der Waals surface area (Å²) in [5, 5.41) is 3.96. The Bertz CT molecular complexity index is 444. The Morgan fingerprint density at radius 2 is 2.11 bits per heavy atom. The normalized spacial score (nSPS) is 23.1. The van der Waals surface area contributed by atoms with E-state index in [1.54, 1.807) is 6.21 Å². The van der Waals surface area contributed by atoms with E-state index in [0.29, 0.717) is 12.0 Å². The van der Waals surface area contributed by atoms with Gasteiger partial charge in [-0.3, -0.25) is 10.2 Å². The number of nitrogens with zero attached hydrogens (tertiary/aromatic N) is 1. The van der Waals surface area contributed by atoms with Crippen molar-refractivity contribution in [3.63, 3.8) is 0 Å². The lowest BCUT2D eigenvalue weighted by Gasteiger charge is -2.12. The molecule has 5 heteroatoms. The molecule has 0 saturated carbocycles. The third-order valence-electron chi connectivity index (χ3n) is 3.24. The van der Waals surface area contributed by atoms with E-state index in [2.05, 4.69) is 35.2 Å². The second-order valence-corrected chi connectivity index (χ2v) is 5.07. The molecule has 5 nitrogen and oxygen atoms in total. The predicted octanol–water partition coefficient (Wildman–Crippen LogP) is 1.03. The van der Waals surface area contributed by atoms with Gasteiger partial charge in [-0.15, -0.1) is 0 Å². The predicted molar refractivity (Wildman–Crippen MR) is 75.5 cm³/mol. The molecule has 0 aliphatic carbocycles. The average Bonchev–Trinajstić information content (AvgIpc) is 2.89. The first kappa shape index (κ1) is 13.7. The molecule has 0 radical (unpaired) electrons. The minimum absolute atomic E-state index is 0.108. The maximum Gasteiger partial charge on any atom is 0.258 e. The van der Waals surface area contributed by atoms with Crippen LogP contribution in [0.1, 0.15) is 25.8 Å². The summed E-state index contributed by atoms with van der Waals surface area (Å²) >= 11 is 0. The van der Waals surface area contributed by atoms with Gasteiger partial charge in [-0.2, -0.15) is 5.10 Å². The number of hydrazone groups is 1. The quantitative estimate of drug-likeness (QED) is 0.559. The molecule has 2 rings (SSSR count). The van der Waals surface area contributed by atoms with Gasteiger partial charge in [0.1, 0.15) is 6.04 Å². The van der Waals surface area contributed by atoms with Gasteiger partial charge in [0.25, 0.3) is 5.91 Å². The van der Waals surface area contributed by atoms with Gasteiger partial charge in [-0.05, 0) is 17.9 Å². The molecule has 1 amide bonds. The van der Waals surface area contributed by atoms with Crippen LogP contribution in [0, 0.1) is 5.92 Å². The van der Waals surface area contributed by atoms with Gasteiger partial charge in [-0.25, -0.2) is 10.9 Å². The fourth-order valence-electron chi connectivity index (χ4n) is 1.98. The van der Waals surface area contributed by atoms with Crippen LogP contribution in [0.4, 0.5) is 0 Å². The highest BCUT2D eigenvalue weighted by Gasteiger charge is 2.30. The molecule has 1 fully saturated rings. The Kier molecular flexibility index (Phi) is 4.65. The highest BCUT2D eigenvalue weighted by molar-refractivity contribution is 5.85. The van der Waals surface area contributed by atoms with E-state index in [9.17, 15) is 4.79 Å². The van der Waals surface area contributed by atoms with Gasteiger partial charge >= 0.3 is 0 Å². The summed E-state index contributed by atoms with van der Waals surface area (Å²) in [7, 11) is 0. The van der Waals surface area contributed by atoms with E-state index in [-0.39, 0.29) is 11.9 Å². The number of amides is 1. The first-order chi connectivity index (χ1) is 9.16. The van der Waals surface area contributed by atoms with Crippen LogP contribution in [0.3, 0.4) is 0 Å². The SMILES string of the molecule is CC(C)C1CC(C(=O)N/N=C/c2ccccc2)NN1. The summed E-state index contributed by atoms with van der Waals surface area (Å²) < 4.78 is 0. The van der Waals surface area contributed by atoms with Crippen LogP contribution in [0.2, 0.25) is 0 Å². The zero-order valence-corrected chi connectivity index (χ0v) is 11.3. The highest BCUT2D eigenvalue weighted by atomic mass is 16.2. The van der Waals surface area contributed by atoms with E-state index in [0.717, 1.165) is 12.0 Å². The first-order valence-electron chi connectivity index (χ1n) is 6.56. The summed E-state index contributed by atoms with van der Waals surface area (Å²) in [4.78, 5) is 11.9. The molecule has 19 heavy (non-hydrogen) atoms. The number of hydrazine groups is 1. The summed E-state index contributed by atoms with van der Waals surface area (Å²) in [6, 6.07) is 9.77. The Morgan fingerprint density at radius 1 is 1.37 bits per heavy atom. The molecule has 3 N–H and O–H groups in total. The van der Waals surface area contributed by atoms with Gasteiger partial charge in [0.15, 0.2) is 0 Å². The summed E-state index contributed by atoms with van der Waals surface area (Å²) in [6.07, 6.45) is 2.42. The summed E-state index contributed by atoms with van der Waals surface area (Å²) in [6.45, 7) is 4.26. The molecule has 0 aromatic heterocycles. The number of hydrogen-bond donors (Lipinski definition) is 3. The molecule has 1 saturated heterocycles. The number of benzene rings is 1. The molecule has 1 heterocycles. The van der Waals surface area contributed by atoms with Gasteiger partial charge in [-0.1, -0.05) is 44.2 Å². The smallest absolute Gasteiger partial charge is 0.258 e. The number of rotatable bonds is 4. The Hall–Kier alpha value is -1.72. The van der Waals surface area contributed by atoms with Crippen LogP contribution < -0.4 is 16.3 Å². The van der Waals surface area contributed by atoms with Crippen LogP contribution in [0.15, 0.2) is 35.4 Å². The van der Waals surface area contributed by atoms with E-state index in [1.165, 1.54) is 0 Å². The van der Waals surface area contributed by atoms with Crippen LogP contribution >= 0.6 is 0 Å². The molecule has 102 valence electrons. The lowest BCUT2D eigenvalue weighted by atomic mass is 9.99. The molecule has 0 spiro atoms. The molecule has 2 unspecified atom stereocenters. The lowest BCUT2D eigenvalue weighted by molar-refractivity contribution is -0.122. The largest absolute Gasteiger partial charge is 0.271 e. The van der Waals surface area contributed by atoms with E-state index < -0.39 is 0 Å². The first-order valence-corrected chi connectivity index (χ1v) is 6.56. The van der Waals surface area contributed by atoms with E-state index in [4.69, 9.17) is 0 Å². The van der Waals surface area contributed by atoms with Crippen molar-refractivity contribution in [1.29, 1.82) is 0 Å². The van der Waals surface area contributed by atoms with Crippen molar-refractivity contribution in [1.82, 2.24) is 16.3 Å². The monoisotopic (exact) mass is 260 g/mol. The van der Waals surface area contributed by atoms with Crippen molar-refractivity contribution in [3.8, 4) is 0 Å². The van der Waals surface area contributed by atoms with Crippen molar-refractivity contribution in [2.45, 2.75) is 32.4 Å². The van der Waals surface area contributed by atoms with Gasteiger partial charge in [0.2, 0.25) is 0 Å². The third-order valence-corrected chi connectivity index (χ3v) is 3.24. The second-order valence-electron chi connectivity index (χ2n) is 5.07. The minimum Gasteiger partial charge on any atom is -0.271 e. The number of carbonyl (C=O) groups is 1. The second kappa shape index (κ2) is 6.45. The van der Waals surface area contributed by atoms with E-state index >= 15 is 0 Å². The van der Waals surface area contributed by atoms with Crippen molar-refractivity contribution in [3.05, 3.63) is 35.9 Å². The molecular weight excluding hydrogens is 240 g/mol. The van der Waals surface area contributed by atoms with Gasteiger partial charge < -0.3 is 0 Å². The summed E-state index contributed by atoms with van der Waals surface area (Å²) in [5.74, 6) is 0.390. The van der Waals surface area contributed by atoms with Crippen molar-refractivity contribution in [2.75, 3.05) is 0 Å². The zero-order valence-electron chi connectivity index (χ0n) is 11.3. The highest BCUT2D eigenvalue weighted by Crippen LogP contribution is 2.13. The average molecular weight is 260 g/mol. The Balaban J connectivity index is 1.81. The standard InChI is InChI=1S/C14H20N4O/c1-10(2)12-8-13(17-16-12)14(19)18-15-9-11-6-4-3-5-7-11/h3-7,9-10,12-13,16-17H,8H2,1-2H3,(H,18,19)/b15-9+. The Morgan fingerprint density at radius 3 is 2.74 bits per heavy atom. The number of carbonyl (C=O) groups excluding carboxylic acids is 1. The number of hydrogen-bond acceptors (Lipinski definition) is 4. The van der Waals surface area contributed by atoms with Crippen LogP contribution in [0.5, 0.6) is 0 Å². The molecular formula is C14H20N4O. The molecule has 1 aromatic carbocycles. The molecule has 1 aliphatic heterocycles. The summed E-state index contributed by atoms with van der Waals surface area (Å²) in [5.41, 5.74) is 9.65. The maximum atomic E-state index is 11.9. The minimum atomic E-state index is -0.222. The molecule has 0 bridgehead atoms. The van der Waals surface area contributed by atoms with Crippen LogP contribution in [-0.2, 0) is 4.79 Å². The molecule has 1 aromatic rings. The van der Waals surface area contributed by atoms with E-state index in [1.807, 2.05) is 30.3 Å². The third kappa shape index (κ3) is 3.87. The van der Waals surface area contributed by atoms with Crippen molar-refractivity contribution in [2.24, 2.45) is 11.0 Å². The van der Waals surface area contributed by atoms with Crippen molar-refractivity contribution < 1.29 is 4.79 Å². The van der Waals surface area contributed by atoms with Crippen molar-refractivity contribution >= 4 is 12.1 Å². The maximum absolute atomic E-state index is 11.9. The van der Waals surface area contributed by atoms with Gasteiger partial charge in [0, 0.05) is 6.04 Å². The zero-order chi connectivity index (χ0) is 13.7. The fraction of sp³-hybridized carbons (Fsp3) is 0.429. The van der Waals surface area contributed by atoms with Crippen LogP contribution in [0.25, 0.3) is 0 Å². The lowest BCUT2D eigenvalue weighted by Crippen LogP contribution is -2.42. The fourth-order valence-corrected chi connectivity index (χ4v) is 1.98. The Labute approximate surface area is 113 Å².